The number of hydrogen-bond acceptors (Lipinski definition) is 4. The molecule has 6 heteroatoms. The number of nitrogens with zero attached hydrogens (tertiary/aromatic N) is 2. The first kappa shape index (κ1) is 17.7. The van der Waals surface area contributed by atoms with Gasteiger partial charge in [0.25, 0.3) is 5.91 Å². The fourth-order valence-electron chi connectivity index (χ4n) is 3.02. The number of amidine groups is 1. The van der Waals surface area contributed by atoms with Gasteiger partial charge in [0.1, 0.15) is 0 Å². The summed E-state index contributed by atoms with van der Waals surface area (Å²) in [6.07, 6.45) is 3.33. The van der Waals surface area contributed by atoms with Crippen molar-refractivity contribution < 1.29 is 9.59 Å². The van der Waals surface area contributed by atoms with E-state index in [1.54, 1.807) is 0 Å². The molecule has 2 N–H and O–H groups in total. The number of hydrogen-bond donors (Lipinski definition) is 1. The van der Waals surface area contributed by atoms with Crippen molar-refractivity contribution in [2.24, 2.45) is 16.6 Å². The average Bonchev–Trinajstić information content (AvgIpc) is 2.96. The van der Waals surface area contributed by atoms with Crippen LogP contribution in [0.5, 0.6) is 0 Å². The van der Waals surface area contributed by atoms with E-state index in [9.17, 15) is 9.59 Å². The van der Waals surface area contributed by atoms with E-state index < -0.39 is 0 Å². The number of carbonyl (C=O) groups is 2. The van der Waals surface area contributed by atoms with Crippen LogP contribution in [0.2, 0.25) is 0 Å². The maximum absolute atomic E-state index is 12.2. The third kappa shape index (κ3) is 4.12. The quantitative estimate of drug-likeness (QED) is 0.844. The van der Waals surface area contributed by atoms with E-state index in [1.165, 1.54) is 17.3 Å². The highest BCUT2D eigenvalue weighted by Crippen LogP contribution is 2.32. The molecule has 0 atom stereocenters. The number of piperidine rings is 1. The van der Waals surface area contributed by atoms with Crippen LogP contribution in [0.1, 0.15) is 43.7 Å². The number of carbonyl (C=O) groups excluding carboxylic acids is 2. The summed E-state index contributed by atoms with van der Waals surface area (Å²) in [7, 11) is 0. The van der Waals surface area contributed by atoms with E-state index in [0.29, 0.717) is 23.9 Å². The van der Waals surface area contributed by atoms with E-state index in [2.05, 4.69) is 35.9 Å². The molecule has 2 aliphatic heterocycles. The average molecular weight is 357 g/mol. The highest BCUT2D eigenvalue weighted by atomic mass is 32.2. The first-order chi connectivity index (χ1) is 11.9. The number of amides is 2. The molecule has 0 aliphatic carbocycles. The minimum atomic E-state index is -0.234. The number of nitrogens with two attached hydrogens (primary N) is 1. The van der Waals surface area contributed by atoms with Crippen LogP contribution in [0.15, 0.2) is 34.2 Å². The standard InChI is InChI=1S/C19H23N3O2S/c1-12(2)14-5-3-13(4-6-14)11-16-18(24)21-19(25-16)22-9-7-15(8-10-22)17(20)23/h3-6,11-12,15H,7-10H2,1-2H3,(H2,20,23)/b16-11+. The monoisotopic (exact) mass is 357 g/mol. The molecule has 1 aromatic carbocycles. The second kappa shape index (κ2) is 7.44. The zero-order valence-corrected chi connectivity index (χ0v) is 15.4. The van der Waals surface area contributed by atoms with Gasteiger partial charge in [0.15, 0.2) is 5.17 Å². The maximum atomic E-state index is 12.2. The Hall–Kier alpha value is -2.08. The summed E-state index contributed by atoms with van der Waals surface area (Å²) in [5.74, 6) is 0.00280. The van der Waals surface area contributed by atoms with Gasteiger partial charge in [-0.05, 0) is 47.7 Å². The predicted octanol–water partition coefficient (Wildman–Crippen LogP) is 2.98. The fraction of sp³-hybridized carbons (Fsp3) is 0.421. The summed E-state index contributed by atoms with van der Waals surface area (Å²) in [6.45, 7) is 5.74. The SMILES string of the molecule is CC(C)c1ccc(/C=C2/SC(N3CCC(C(N)=O)CC3)=NC2=O)cc1. The van der Waals surface area contributed by atoms with E-state index in [-0.39, 0.29) is 17.7 Å². The Morgan fingerprint density at radius 1 is 1.28 bits per heavy atom. The molecule has 1 fully saturated rings. The van der Waals surface area contributed by atoms with Crippen LogP contribution in [0.4, 0.5) is 0 Å². The minimum absolute atomic E-state index is 0.0616. The molecule has 0 radical (unpaired) electrons. The summed E-state index contributed by atoms with van der Waals surface area (Å²) in [6, 6.07) is 8.26. The molecule has 132 valence electrons. The number of rotatable bonds is 3. The summed E-state index contributed by atoms with van der Waals surface area (Å²) in [4.78, 5) is 30.4. The van der Waals surface area contributed by atoms with Gasteiger partial charge in [0.05, 0.1) is 4.91 Å². The van der Waals surface area contributed by atoms with Crippen LogP contribution in [0.3, 0.4) is 0 Å². The van der Waals surface area contributed by atoms with E-state index in [4.69, 9.17) is 5.73 Å². The van der Waals surface area contributed by atoms with Crippen molar-refractivity contribution in [2.45, 2.75) is 32.6 Å². The maximum Gasteiger partial charge on any atom is 0.286 e. The first-order valence-corrected chi connectivity index (χ1v) is 9.42. The Kier molecular flexibility index (Phi) is 5.27. The predicted molar refractivity (Wildman–Crippen MR) is 102 cm³/mol. The van der Waals surface area contributed by atoms with Gasteiger partial charge in [-0.15, -0.1) is 0 Å². The van der Waals surface area contributed by atoms with Crippen molar-refractivity contribution >= 4 is 34.8 Å². The Morgan fingerprint density at radius 2 is 1.92 bits per heavy atom. The number of primary amides is 1. The molecule has 0 bridgehead atoms. The molecule has 2 heterocycles. The summed E-state index contributed by atoms with van der Waals surface area (Å²) in [5.41, 5.74) is 7.65. The second-order valence-electron chi connectivity index (χ2n) is 6.80. The lowest BCUT2D eigenvalue weighted by molar-refractivity contribution is -0.123. The lowest BCUT2D eigenvalue weighted by atomic mass is 9.97. The Morgan fingerprint density at radius 3 is 2.48 bits per heavy atom. The Labute approximate surface area is 152 Å². The number of likely N-dealkylation sites (tertiary alicyclic amines) is 1. The minimum Gasteiger partial charge on any atom is -0.369 e. The molecule has 1 aromatic rings. The van der Waals surface area contributed by atoms with Crippen LogP contribution in [0, 0.1) is 5.92 Å². The topological polar surface area (TPSA) is 75.8 Å². The largest absolute Gasteiger partial charge is 0.369 e. The molecule has 5 nitrogen and oxygen atoms in total. The Bertz CT molecular complexity index is 730. The summed E-state index contributed by atoms with van der Waals surface area (Å²) in [5, 5.41) is 0.734. The highest BCUT2D eigenvalue weighted by Gasteiger charge is 2.30. The van der Waals surface area contributed by atoms with Gasteiger partial charge in [-0.2, -0.15) is 4.99 Å². The van der Waals surface area contributed by atoms with Gasteiger partial charge in [0.2, 0.25) is 5.91 Å². The summed E-state index contributed by atoms with van der Waals surface area (Å²) < 4.78 is 0. The van der Waals surface area contributed by atoms with E-state index >= 15 is 0 Å². The van der Waals surface area contributed by atoms with Crippen molar-refractivity contribution in [1.82, 2.24) is 4.90 Å². The third-order valence-corrected chi connectivity index (χ3v) is 5.72. The lowest BCUT2D eigenvalue weighted by Crippen LogP contribution is -2.40. The number of aliphatic imine (C=N–C) groups is 1. The lowest BCUT2D eigenvalue weighted by Gasteiger charge is -2.31. The van der Waals surface area contributed by atoms with Crippen molar-refractivity contribution in [3.63, 3.8) is 0 Å². The molecular weight excluding hydrogens is 334 g/mol. The van der Waals surface area contributed by atoms with Crippen LogP contribution >= 0.6 is 11.8 Å². The Balaban J connectivity index is 1.65. The van der Waals surface area contributed by atoms with Crippen LogP contribution in [0.25, 0.3) is 6.08 Å². The van der Waals surface area contributed by atoms with Crippen LogP contribution in [-0.4, -0.2) is 35.0 Å². The number of benzene rings is 1. The zero-order chi connectivity index (χ0) is 18.0. The highest BCUT2D eigenvalue weighted by molar-refractivity contribution is 8.18. The van der Waals surface area contributed by atoms with Gasteiger partial charge >= 0.3 is 0 Å². The van der Waals surface area contributed by atoms with Crippen molar-refractivity contribution in [2.75, 3.05) is 13.1 Å². The van der Waals surface area contributed by atoms with Crippen molar-refractivity contribution in [3.8, 4) is 0 Å². The van der Waals surface area contributed by atoms with E-state index in [0.717, 1.165) is 23.6 Å². The van der Waals surface area contributed by atoms with Gasteiger partial charge in [0, 0.05) is 19.0 Å². The molecule has 1 saturated heterocycles. The normalized spacial score (nSPS) is 20.4. The molecule has 25 heavy (non-hydrogen) atoms. The molecule has 3 rings (SSSR count). The third-order valence-electron chi connectivity index (χ3n) is 4.68. The second-order valence-corrected chi connectivity index (χ2v) is 7.80. The van der Waals surface area contributed by atoms with Gasteiger partial charge in [-0.1, -0.05) is 38.1 Å². The zero-order valence-electron chi connectivity index (χ0n) is 14.6. The molecule has 0 aromatic heterocycles. The molecule has 0 spiro atoms. The van der Waals surface area contributed by atoms with Gasteiger partial charge in [-0.25, -0.2) is 0 Å². The molecule has 2 aliphatic rings. The molecular formula is C19H23N3O2S. The van der Waals surface area contributed by atoms with Crippen LogP contribution in [-0.2, 0) is 9.59 Å². The van der Waals surface area contributed by atoms with Gasteiger partial charge < -0.3 is 10.6 Å². The first-order valence-electron chi connectivity index (χ1n) is 8.61. The smallest absolute Gasteiger partial charge is 0.286 e. The number of thioether (sulfide) groups is 1. The van der Waals surface area contributed by atoms with Crippen molar-refractivity contribution in [3.05, 3.63) is 40.3 Å². The molecule has 2 amide bonds. The van der Waals surface area contributed by atoms with Crippen molar-refractivity contribution in [1.29, 1.82) is 0 Å². The van der Waals surface area contributed by atoms with E-state index in [1.807, 2.05) is 18.2 Å². The fourth-order valence-corrected chi connectivity index (χ4v) is 3.98. The summed E-state index contributed by atoms with van der Waals surface area (Å²) >= 11 is 1.41. The van der Waals surface area contributed by atoms with Crippen LogP contribution < -0.4 is 5.73 Å². The van der Waals surface area contributed by atoms with Gasteiger partial charge in [-0.3, -0.25) is 9.59 Å². The molecule has 0 saturated carbocycles. The molecule has 0 unspecified atom stereocenters.